The van der Waals surface area contributed by atoms with Gasteiger partial charge >= 0.3 is 0 Å². The molecule has 0 bridgehead atoms. The number of piperazine rings is 1. The maximum absolute atomic E-state index is 11.5. The Hall–Kier alpha value is -0.750. The molecular weight excluding hydrogens is 1040 g/mol. The minimum absolute atomic E-state index is 0.156. The molecule has 0 spiro atoms. The lowest BCUT2D eigenvalue weighted by Crippen LogP contribution is -2.51. The summed E-state index contributed by atoms with van der Waals surface area (Å²) in [6.45, 7) is 33.4. The monoisotopic (exact) mass is 1200 g/mol. The van der Waals surface area contributed by atoms with Crippen molar-refractivity contribution in [3.8, 4) is 6.07 Å². The van der Waals surface area contributed by atoms with Crippen molar-refractivity contribution in [2.45, 2.75) is 382 Å². The molecule has 4 atom stereocenters. The number of nitrogens with zero attached hydrogens (tertiary/aromatic N) is 6. The Kier molecular flexibility index (Phi) is 62.7. The molecule has 1 saturated heterocycles. The van der Waals surface area contributed by atoms with Gasteiger partial charge in [0.05, 0.1) is 18.1 Å². The minimum Gasteiger partial charge on any atom is -0.392 e. The number of nitriles is 1. The van der Waals surface area contributed by atoms with Crippen LogP contribution in [0.4, 0.5) is 0 Å². The van der Waals surface area contributed by atoms with Gasteiger partial charge in [-0.1, -0.05) is 344 Å². The van der Waals surface area contributed by atoms with Gasteiger partial charge in [0.2, 0.25) is 0 Å². The van der Waals surface area contributed by atoms with Crippen molar-refractivity contribution < 1.29 is 5.11 Å². The van der Waals surface area contributed by atoms with E-state index < -0.39 is 0 Å². The number of aliphatic hydroxyl groups is 1. The quantitative estimate of drug-likeness (QED) is 0.0609. The van der Waals surface area contributed by atoms with Crippen LogP contribution in [0.2, 0.25) is 0 Å². The molecule has 1 aliphatic heterocycles. The Morgan fingerprint density at radius 3 is 0.918 bits per heavy atom. The lowest BCUT2D eigenvalue weighted by Gasteiger charge is -2.38. The Labute approximate surface area is 536 Å². The van der Waals surface area contributed by atoms with Gasteiger partial charge in [0, 0.05) is 91.6 Å². The number of aliphatic hydroxyl groups excluding tert-OH is 1. The topological polar surface area (TPSA) is 60.2 Å². The maximum atomic E-state index is 11.5. The molecular formula is C78H158N6O. The maximum Gasteiger partial charge on any atom is 0.0669 e. The van der Waals surface area contributed by atoms with Crippen molar-refractivity contribution in [3.05, 3.63) is 0 Å². The summed E-state index contributed by atoms with van der Waals surface area (Å²) in [5, 5.41) is 22.0. The minimum atomic E-state index is -0.204. The van der Waals surface area contributed by atoms with Gasteiger partial charge in [0.25, 0.3) is 0 Å². The van der Waals surface area contributed by atoms with E-state index in [9.17, 15) is 10.4 Å². The van der Waals surface area contributed by atoms with Crippen LogP contribution >= 0.6 is 0 Å². The summed E-state index contributed by atoms with van der Waals surface area (Å²) in [4.78, 5) is 13.8. The summed E-state index contributed by atoms with van der Waals surface area (Å²) in [6.07, 6.45) is 69.2. The summed E-state index contributed by atoms with van der Waals surface area (Å²) in [5.41, 5.74) is 0. The summed E-state index contributed by atoms with van der Waals surface area (Å²) in [5.74, 6) is 1.57. The number of hydrogen-bond donors (Lipinski definition) is 1. The first kappa shape index (κ1) is 82.3. The zero-order chi connectivity index (χ0) is 61.6. The summed E-state index contributed by atoms with van der Waals surface area (Å²) >= 11 is 0. The smallest absolute Gasteiger partial charge is 0.0669 e. The fourth-order valence-corrected chi connectivity index (χ4v) is 13.9. The highest BCUT2D eigenvalue weighted by molar-refractivity contribution is 4.86. The molecule has 1 fully saturated rings. The molecule has 1 aliphatic rings. The van der Waals surface area contributed by atoms with Gasteiger partial charge in [-0.05, 0) is 50.5 Å². The molecule has 0 amide bonds. The predicted molar refractivity (Wildman–Crippen MR) is 379 cm³/mol. The van der Waals surface area contributed by atoms with Gasteiger partial charge in [-0.25, -0.2) is 0 Å². The molecule has 0 aromatic rings. The van der Waals surface area contributed by atoms with E-state index in [1.165, 1.54) is 354 Å². The molecule has 0 aliphatic carbocycles. The number of rotatable bonds is 69. The second-order valence-corrected chi connectivity index (χ2v) is 28.7. The average Bonchev–Trinajstić information content (AvgIpc) is 3.55. The molecule has 7 heteroatoms. The van der Waals surface area contributed by atoms with Crippen molar-refractivity contribution in [2.75, 3.05) is 98.2 Å². The lowest BCUT2D eigenvalue weighted by atomic mass is 9.98. The molecule has 0 aromatic heterocycles. The van der Waals surface area contributed by atoms with E-state index >= 15 is 0 Å². The van der Waals surface area contributed by atoms with Crippen molar-refractivity contribution >= 4 is 0 Å². The van der Waals surface area contributed by atoms with Gasteiger partial charge in [-0.3, -0.25) is 14.7 Å². The summed E-state index contributed by atoms with van der Waals surface area (Å²) < 4.78 is 0. The Morgan fingerprint density at radius 2 is 0.576 bits per heavy atom. The van der Waals surface area contributed by atoms with Crippen molar-refractivity contribution in [2.24, 2.45) is 17.8 Å². The third kappa shape index (κ3) is 55.8. The zero-order valence-electron chi connectivity index (χ0n) is 59.6. The fourth-order valence-electron chi connectivity index (χ4n) is 13.9. The molecule has 0 saturated carbocycles. The van der Waals surface area contributed by atoms with E-state index in [-0.39, 0.29) is 12.0 Å². The second-order valence-electron chi connectivity index (χ2n) is 28.7. The van der Waals surface area contributed by atoms with E-state index in [1.807, 2.05) is 0 Å². The first-order valence-electron chi connectivity index (χ1n) is 39.5. The van der Waals surface area contributed by atoms with E-state index in [0.29, 0.717) is 5.92 Å². The highest BCUT2D eigenvalue weighted by Crippen LogP contribution is 2.21. The van der Waals surface area contributed by atoms with Crippen LogP contribution < -0.4 is 0 Å². The van der Waals surface area contributed by atoms with E-state index in [4.69, 9.17) is 0 Å². The average molecular weight is 1200 g/mol. The molecule has 0 radical (unpaired) electrons. The molecule has 85 heavy (non-hydrogen) atoms. The van der Waals surface area contributed by atoms with Gasteiger partial charge in [0.1, 0.15) is 0 Å². The molecule has 0 aromatic carbocycles. The van der Waals surface area contributed by atoms with Gasteiger partial charge in [-0.2, -0.15) is 5.26 Å². The SMILES string of the molecule is CCCCCCCCCCCCCN(CCN(CCN1CCN(CCN(CC(C)CCCCCCCCCCC)CC(C#N)CCCCCCCCCCC)CC1)CC(C)CCCCCCCCCCC)CC(O)CCCCCCCCCCC. The largest absolute Gasteiger partial charge is 0.392 e. The first-order chi connectivity index (χ1) is 41.8. The van der Waals surface area contributed by atoms with Crippen LogP contribution in [0.15, 0.2) is 0 Å². The summed E-state index contributed by atoms with van der Waals surface area (Å²) in [6, 6.07) is 2.80. The zero-order valence-corrected chi connectivity index (χ0v) is 59.6. The predicted octanol–water partition coefficient (Wildman–Crippen LogP) is 22.3. The first-order valence-corrected chi connectivity index (χ1v) is 39.5. The Balaban J connectivity index is 2.95. The number of unbranched alkanes of at least 4 members (excludes halogenated alkanes) is 42. The summed E-state index contributed by atoms with van der Waals surface area (Å²) in [7, 11) is 0. The highest BCUT2D eigenvalue weighted by atomic mass is 16.3. The molecule has 1 heterocycles. The van der Waals surface area contributed by atoms with Crippen molar-refractivity contribution in [1.29, 1.82) is 5.26 Å². The van der Waals surface area contributed by atoms with Crippen LogP contribution in [0.1, 0.15) is 376 Å². The number of hydrogen-bond acceptors (Lipinski definition) is 7. The van der Waals surface area contributed by atoms with Gasteiger partial charge in [-0.15, -0.1) is 0 Å². The second kappa shape index (κ2) is 64.8. The van der Waals surface area contributed by atoms with E-state index in [1.54, 1.807) is 0 Å². The third-order valence-electron chi connectivity index (χ3n) is 19.9. The van der Waals surface area contributed by atoms with Crippen LogP contribution in [0.5, 0.6) is 0 Å². The molecule has 1 N–H and O–H groups in total. The molecule has 7 nitrogen and oxygen atoms in total. The lowest BCUT2D eigenvalue weighted by molar-refractivity contribution is 0.0834. The Morgan fingerprint density at radius 1 is 0.306 bits per heavy atom. The van der Waals surface area contributed by atoms with Crippen molar-refractivity contribution in [3.63, 3.8) is 0 Å². The molecule has 4 unspecified atom stereocenters. The Bertz CT molecular complexity index is 1330. The van der Waals surface area contributed by atoms with Crippen LogP contribution in [-0.4, -0.2) is 134 Å². The fraction of sp³-hybridized carbons (Fsp3) is 0.987. The third-order valence-corrected chi connectivity index (χ3v) is 19.9. The molecule has 1 rings (SSSR count). The van der Waals surface area contributed by atoms with Crippen molar-refractivity contribution in [1.82, 2.24) is 24.5 Å². The van der Waals surface area contributed by atoms with Crippen LogP contribution in [0, 0.1) is 29.1 Å². The van der Waals surface area contributed by atoms with Gasteiger partial charge < -0.3 is 14.9 Å². The van der Waals surface area contributed by atoms with E-state index in [2.05, 4.69) is 79.0 Å². The van der Waals surface area contributed by atoms with Crippen LogP contribution in [0.25, 0.3) is 0 Å². The normalized spacial score (nSPS) is 15.0. The standard InChI is InChI=1S/C78H158N6O/c1-8-13-18-23-28-33-34-39-44-49-54-59-82(74-78(85)58-53-48-43-38-32-27-22-17-12-5)67-68-83(71-75(6)55-50-45-40-35-29-24-19-14-9-2)66-64-80-60-62-81(63-61-80)65-69-84(72-76(7)56-51-46-41-36-30-25-20-15-10-3)73-77(70-79)57-52-47-42-37-31-26-21-16-11-4/h75-78,85H,8-69,71-74H2,1-7H3. The molecule has 506 valence electrons. The van der Waals surface area contributed by atoms with Crippen LogP contribution in [-0.2, 0) is 0 Å². The highest BCUT2D eigenvalue weighted by Gasteiger charge is 2.22. The van der Waals surface area contributed by atoms with Gasteiger partial charge in [0.15, 0.2) is 0 Å². The van der Waals surface area contributed by atoms with Crippen LogP contribution in [0.3, 0.4) is 0 Å². The van der Waals surface area contributed by atoms with E-state index in [0.717, 1.165) is 77.7 Å².